The predicted molar refractivity (Wildman–Crippen MR) is 50.8 cm³/mol. The average Bonchev–Trinajstić information content (AvgIpc) is 2.81. The summed E-state index contributed by atoms with van der Waals surface area (Å²) < 4.78 is 0. The predicted octanol–water partition coefficient (Wildman–Crippen LogP) is 2.57. The van der Waals surface area contributed by atoms with Gasteiger partial charge in [-0.1, -0.05) is 42.5 Å². The van der Waals surface area contributed by atoms with Crippen molar-refractivity contribution in [2.24, 2.45) is 0 Å². The van der Waals surface area contributed by atoms with Gasteiger partial charge in [-0.2, -0.15) is 0 Å². The molecule has 0 saturated carbocycles. The molecule has 2 rings (SSSR count). The van der Waals surface area contributed by atoms with Gasteiger partial charge in [0.25, 0.3) is 0 Å². The minimum atomic E-state index is 0.823. The second kappa shape index (κ2) is 5.30. The van der Waals surface area contributed by atoms with E-state index >= 15 is 0 Å². The molecule has 0 aromatic rings. The molecular formula is C11H12O. The molecule has 0 spiro atoms. The highest BCUT2D eigenvalue weighted by Gasteiger charge is 1.92. The van der Waals surface area contributed by atoms with Crippen LogP contribution in [0.3, 0.4) is 0 Å². The molecule has 0 aromatic heterocycles. The molecule has 0 saturated heterocycles. The van der Waals surface area contributed by atoms with Crippen molar-refractivity contribution < 1.29 is 4.79 Å². The molecule has 0 amide bonds. The van der Waals surface area contributed by atoms with Gasteiger partial charge in [-0.25, -0.2) is 0 Å². The monoisotopic (exact) mass is 160 g/mol. The highest BCUT2D eigenvalue weighted by Crippen LogP contribution is 2.05. The average molecular weight is 160 g/mol. The summed E-state index contributed by atoms with van der Waals surface area (Å²) in [4.78, 5) is 9.90. The zero-order chi connectivity index (χ0) is 8.65. The molecular weight excluding hydrogens is 148 g/mol. The van der Waals surface area contributed by atoms with Crippen LogP contribution in [0.4, 0.5) is 0 Å². The quantitative estimate of drug-likeness (QED) is 0.539. The lowest BCUT2D eigenvalue weighted by atomic mass is 10.3. The Hall–Kier alpha value is -1.37. The van der Waals surface area contributed by atoms with Gasteiger partial charge in [-0.15, -0.1) is 0 Å². The second-order valence-electron chi connectivity index (χ2n) is 2.58. The van der Waals surface area contributed by atoms with E-state index in [4.69, 9.17) is 0 Å². The van der Waals surface area contributed by atoms with Crippen LogP contribution in [0.2, 0.25) is 0 Å². The first kappa shape index (κ1) is 8.72. The lowest BCUT2D eigenvalue weighted by Crippen LogP contribution is -1.73. The fourth-order valence-electron chi connectivity index (χ4n) is 0.944. The molecule has 0 atom stereocenters. The van der Waals surface area contributed by atoms with Gasteiger partial charge in [0.2, 0.25) is 0 Å². The normalized spacial score (nSPS) is 17.2. The Kier molecular flexibility index (Phi) is 3.86. The maximum Gasteiger partial charge on any atom is 0.146 e. The minimum absolute atomic E-state index is 0.823. The van der Waals surface area contributed by atoms with Crippen LogP contribution in [0.1, 0.15) is 12.8 Å². The van der Waals surface area contributed by atoms with Crippen molar-refractivity contribution in [3.05, 3.63) is 48.1 Å². The van der Waals surface area contributed by atoms with Crippen molar-refractivity contribution in [3.8, 4) is 0 Å². The molecule has 0 bridgehead atoms. The van der Waals surface area contributed by atoms with E-state index in [1.807, 2.05) is 18.2 Å². The van der Waals surface area contributed by atoms with Crippen molar-refractivity contribution in [2.75, 3.05) is 0 Å². The molecule has 0 heterocycles. The molecule has 1 heteroatoms. The zero-order valence-electron chi connectivity index (χ0n) is 6.94. The van der Waals surface area contributed by atoms with E-state index in [0.29, 0.717) is 0 Å². The summed E-state index contributed by atoms with van der Waals surface area (Å²) in [5.74, 6) is 0. The van der Waals surface area contributed by atoms with Gasteiger partial charge in [-0.3, -0.25) is 4.79 Å². The molecule has 2 aliphatic rings. The first-order valence-electron chi connectivity index (χ1n) is 4.06. The van der Waals surface area contributed by atoms with Gasteiger partial charge in [0, 0.05) is 0 Å². The van der Waals surface area contributed by atoms with Crippen molar-refractivity contribution in [3.63, 3.8) is 0 Å². The maximum absolute atomic E-state index is 9.90. The summed E-state index contributed by atoms with van der Waals surface area (Å²) in [6, 6.07) is 0. The summed E-state index contributed by atoms with van der Waals surface area (Å²) in [7, 11) is 0. The number of hydrogen-bond acceptors (Lipinski definition) is 1. The third-order valence-electron chi connectivity index (χ3n) is 1.61. The van der Waals surface area contributed by atoms with Crippen LogP contribution >= 0.6 is 0 Å². The van der Waals surface area contributed by atoms with Gasteiger partial charge in [-0.05, 0) is 18.4 Å². The number of allylic oxidation sites excluding steroid dienone is 8. The van der Waals surface area contributed by atoms with Crippen LogP contribution in [0, 0.1) is 0 Å². The Bertz CT molecular complexity index is 244. The molecule has 0 aromatic carbocycles. The smallest absolute Gasteiger partial charge is 0.146 e. The summed E-state index contributed by atoms with van der Waals surface area (Å²) in [6.07, 6.45) is 16.9. The van der Waals surface area contributed by atoms with Crippen LogP contribution in [-0.2, 0) is 4.79 Å². The summed E-state index contributed by atoms with van der Waals surface area (Å²) in [6.45, 7) is 0. The molecule has 0 N–H and O–H groups in total. The number of carbonyl (C=O) groups excluding carboxylic acids is 1. The largest absolute Gasteiger partial charge is 0.298 e. The number of aldehydes is 1. The van der Waals surface area contributed by atoms with E-state index in [1.165, 1.54) is 0 Å². The minimum Gasteiger partial charge on any atom is -0.298 e. The third kappa shape index (κ3) is 3.15. The highest BCUT2D eigenvalue weighted by molar-refractivity contribution is 5.75. The molecule has 1 nitrogen and oxygen atoms in total. The van der Waals surface area contributed by atoms with E-state index in [2.05, 4.69) is 24.3 Å². The Balaban J connectivity index is 0.000000127. The van der Waals surface area contributed by atoms with Crippen molar-refractivity contribution in [2.45, 2.75) is 12.8 Å². The van der Waals surface area contributed by atoms with Crippen LogP contribution < -0.4 is 0 Å². The SMILES string of the molecule is C1=CCC=C1.O=CC1=CC=CC1. The maximum atomic E-state index is 9.90. The summed E-state index contributed by atoms with van der Waals surface area (Å²) in [5, 5.41) is 0. The molecule has 2 aliphatic carbocycles. The lowest BCUT2D eigenvalue weighted by Gasteiger charge is -1.78. The van der Waals surface area contributed by atoms with Crippen LogP contribution in [0.15, 0.2) is 48.1 Å². The van der Waals surface area contributed by atoms with Crippen LogP contribution in [0.25, 0.3) is 0 Å². The van der Waals surface area contributed by atoms with Crippen molar-refractivity contribution in [1.29, 1.82) is 0 Å². The summed E-state index contributed by atoms with van der Waals surface area (Å²) in [5.41, 5.74) is 0.875. The summed E-state index contributed by atoms with van der Waals surface area (Å²) >= 11 is 0. The molecule has 12 heavy (non-hydrogen) atoms. The fraction of sp³-hybridized carbons (Fsp3) is 0.182. The van der Waals surface area contributed by atoms with E-state index in [1.54, 1.807) is 0 Å². The Morgan fingerprint density at radius 1 is 1.08 bits per heavy atom. The molecule has 0 fully saturated rings. The topological polar surface area (TPSA) is 17.1 Å². The molecule has 0 radical (unpaired) electrons. The Morgan fingerprint density at radius 2 is 1.83 bits per heavy atom. The van der Waals surface area contributed by atoms with Gasteiger partial charge in [0.15, 0.2) is 0 Å². The van der Waals surface area contributed by atoms with Gasteiger partial charge < -0.3 is 0 Å². The molecule has 62 valence electrons. The zero-order valence-corrected chi connectivity index (χ0v) is 6.94. The van der Waals surface area contributed by atoms with E-state index in [9.17, 15) is 4.79 Å². The van der Waals surface area contributed by atoms with Gasteiger partial charge in [0.05, 0.1) is 0 Å². The lowest BCUT2D eigenvalue weighted by molar-refractivity contribution is -0.104. The van der Waals surface area contributed by atoms with Crippen LogP contribution in [0.5, 0.6) is 0 Å². The van der Waals surface area contributed by atoms with Gasteiger partial charge >= 0.3 is 0 Å². The fourth-order valence-corrected chi connectivity index (χ4v) is 0.944. The standard InChI is InChI=1S/C6H6O.C5H6/c7-5-6-3-1-2-4-6;1-2-4-5-3-1/h1-3,5H,4H2;1-4H,5H2. The van der Waals surface area contributed by atoms with Crippen molar-refractivity contribution in [1.82, 2.24) is 0 Å². The molecule has 0 unspecified atom stereocenters. The number of hydrogen-bond donors (Lipinski definition) is 0. The van der Waals surface area contributed by atoms with Crippen LogP contribution in [-0.4, -0.2) is 6.29 Å². The Morgan fingerprint density at radius 3 is 2.08 bits per heavy atom. The van der Waals surface area contributed by atoms with Gasteiger partial charge in [0.1, 0.15) is 6.29 Å². The highest BCUT2D eigenvalue weighted by atomic mass is 16.1. The first-order valence-corrected chi connectivity index (χ1v) is 4.06. The van der Waals surface area contributed by atoms with E-state index in [-0.39, 0.29) is 0 Å². The molecule has 0 aliphatic heterocycles. The third-order valence-corrected chi connectivity index (χ3v) is 1.61. The van der Waals surface area contributed by atoms with E-state index < -0.39 is 0 Å². The number of carbonyl (C=O) groups is 1. The number of rotatable bonds is 1. The second-order valence-corrected chi connectivity index (χ2v) is 2.58. The van der Waals surface area contributed by atoms with E-state index in [0.717, 1.165) is 24.7 Å². The Labute approximate surface area is 72.8 Å². The first-order chi connectivity index (χ1) is 5.93. The van der Waals surface area contributed by atoms with Crippen molar-refractivity contribution >= 4 is 6.29 Å².